The van der Waals surface area contributed by atoms with E-state index in [4.69, 9.17) is 21.1 Å². The van der Waals surface area contributed by atoms with Crippen LogP contribution in [0.25, 0.3) is 0 Å². The van der Waals surface area contributed by atoms with Gasteiger partial charge in [0, 0.05) is 10.7 Å². The second kappa shape index (κ2) is 7.45. The normalized spacial score (nSPS) is 10.4. The molecule has 0 saturated heterocycles. The largest absolute Gasteiger partial charge is 0.465 e. The monoisotopic (exact) mass is 349 g/mol. The number of halogens is 2. The van der Waals surface area contributed by atoms with E-state index in [1.54, 1.807) is 19.9 Å². The quantitative estimate of drug-likeness (QED) is 0.603. The van der Waals surface area contributed by atoms with Crippen molar-refractivity contribution in [3.63, 3.8) is 0 Å². The highest BCUT2D eigenvalue weighted by molar-refractivity contribution is 9.10. The summed E-state index contributed by atoms with van der Waals surface area (Å²) in [6, 6.07) is 1.55. The molecule has 0 saturated carbocycles. The highest BCUT2D eigenvalue weighted by Crippen LogP contribution is 2.27. The van der Waals surface area contributed by atoms with E-state index in [2.05, 4.69) is 20.9 Å². The molecule has 0 radical (unpaired) electrons. The number of carbonyl (C=O) groups is 2. The van der Waals surface area contributed by atoms with E-state index >= 15 is 0 Å². The molecule has 1 aromatic heterocycles. The summed E-state index contributed by atoms with van der Waals surface area (Å²) in [5.41, 5.74) is 0.127. The van der Waals surface area contributed by atoms with Crippen LogP contribution in [0.3, 0.4) is 0 Å². The minimum Gasteiger partial charge on any atom is -0.465 e. The van der Waals surface area contributed by atoms with Gasteiger partial charge in [0.05, 0.1) is 23.9 Å². The summed E-state index contributed by atoms with van der Waals surface area (Å²) in [5.74, 6) is -2.71. The molecule has 0 aliphatic carbocycles. The number of nitrogens with zero attached hydrogens (tertiary/aromatic N) is 1. The third kappa shape index (κ3) is 4.18. The molecule has 1 heterocycles. The third-order valence-electron chi connectivity index (χ3n) is 2.15. The maximum Gasteiger partial charge on any atom is 0.326 e. The van der Waals surface area contributed by atoms with E-state index in [0.717, 1.165) is 0 Å². The van der Waals surface area contributed by atoms with Crippen molar-refractivity contribution in [1.82, 2.24) is 4.98 Å². The maximum absolute atomic E-state index is 11.9. The molecule has 0 spiro atoms. The minimum absolute atomic E-state index is 0.127. The molecule has 5 nitrogen and oxygen atoms in total. The molecule has 0 aromatic carbocycles. The first-order chi connectivity index (χ1) is 9.01. The van der Waals surface area contributed by atoms with E-state index in [-0.39, 0.29) is 23.9 Å². The lowest BCUT2D eigenvalue weighted by Crippen LogP contribution is -2.27. The minimum atomic E-state index is -1.26. The van der Waals surface area contributed by atoms with Crippen molar-refractivity contribution in [3.8, 4) is 0 Å². The summed E-state index contributed by atoms with van der Waals surface area (Å²) in [4.78, 5) is 27.7. The molecular weight excluding hydrogens is 337 g/mol. The van der Waals surface area contributed by atoms with E-state index in [0.29, 0.717) is 4.47 Å². The van der Waals surface area contributed by atoms with E-state index < -0.39 is 17.9 Å². The van der Waals surface area contributed by atoms with E-state index in [1.165, 1.54) is 6.20 Å². The van der Waals surface area contributed by atoms with E-state index in [1.807, 2.05) is 0 Å². The van der Waals surface area contributed by atoms with Crippen molar-refractivity contribution < 1.29 is 19.1 Å². The van der Waals surface area contributed by atoms with Gasteiger partial charge in [0.15, 0.2) is 5.92 Å². The summed E-state index contributed by atoms with van der Waals surface area (Å²) in [7, 11) is 0. The predicted octanol–water partition coefficient (Wildman–Crippen LogP) is 2.71. The molecular formula is C12H13BrClNO4. The fourth-order valence-electron chi connectivity index (χ4n) is 1.41. The Hall–Kier alpha value is -1.14. The molecule has 7 heteroatoms. The molecule has 0 fully saturated rings. The number of esters is 2. The maximum atomic E-state index is 11.9. The standard InChI is InChI=1S/C12H13BrClNO4/c1-3-18-11(16)9(12(17)19-4-2)10-8(14)5-7(13)6-15-10/h5-6,9H,3-4H2,1-2H3. The number of carbonyl (C=O) groups excluding carboxylic acids is 2. The lowest BCUT2D eigenvalue weighted by Gasteiger charge is -2.15. The Balaban J connectivity index is 3.14. The number of hydrogen-bond donors (Lipinski definition) is 0. The Morgan fingerprint density at radius 3 is 2.26 bits per heavy atom. The molecule has 104 valence electrons. The van der Waals surface area contributed by atoms with Gasteiger partial charge < -0.3 is 9.47 Å². The smallest absolute Gasteiger partial charge is 0.326 e. The van der Waals surface area contributed by atoms with Crippen LogP contribution in [0.1, 0.15) is 25.5 Å². The first-order valence-corrected chi connectivity index (χ1v) is 6.82. The average molecular weight is 351 g/mol. The summed E-state index contributed by atoms with van der Waals surface area (Å²) < 4.78 is 10.4. The van der Waals surface area contributed by atoms with Gasteiger partial charge in [-0.3, -0.25) is 14.6 Å². The lowest BCUT2D eigenvalue weighted by atomic mass is 10.1. The number of hydrogen-bond acceptors (Lipinski definition) is 5. The second-order valence-electron chi connectivity index (χ2n) is 3.46. The van der Waals surface area contributed by atoms with Gasteiger partial charge in [-0.15, -0.1) is 0 Å². The van der Waals surface area contributed by atoms with Gasteiger partial charge in [-0.2, -0.15) is 0 Å². The summed E-state index contributed by atoms with van der Waals surface area (Å²) in [6.07, 6.45) is 1.45. The Bertz CT molecular complexity index is 463. The summed E-state index contributed by atoms with van der Waals surface area (Å²) in [5, 5.41) is 0.195. The topological polar surface area (TPSA) is 65.5 Å². The lowest BCUT2D eigenvalue weighted by molar-refractivity contribution is -0.157. The molecule has 1 aromatic rings. The van der Waals surface area contributed by atoms with Gasteiger partial charge in [0.2, 0.25) is 0 Å². The van der Waals surface area contributed by atoms with Crippen molar-refractivity contribution >= 4 is 39.5 Å². The molecule has 0 aliphatic rings. The van der Waals surface area contributed by atoms with Crippen LogP contribution in [0.4, 0.5) is 0 Å². The SMILES string of the molecule is CCOC(=O)C(C(=O)OCC)c1ncc(Br)cc1Cl. The first kappa shape index (κ1) is 15.9. The highest BCUT2D eigenvalue weighted by atomic mass is 79.9. The van der Waals surface area contributed by atoms with Crippen LogP contribution in [0.2, 0.25) is 5.02 Å². The van der Waals surface area contributed by atoms with Gasteiger partial charge in [-0.1, -0.05) is 11.6 Å². The zero-order valence-corrected chi connectivity index (χ0v) is 12.8. The Morgan fingerprint density at radius 2 is 1.84 bits per heavy atom. The Labute approximate surface area is 124 Å². The fourth-order valence-corrected chi connectivity index (χ4v) is 2.15. The summed E-state index contributed by atoms with van der Waals surface area (Å²) >= 11 is 9.21. The van der Waals surface area contributed by atoms with Crippen LogP contribution in [-0.2, 0) is 19.1 Å². The van der Waals surface area contributed by atoms with Gasteiger partial charge in [0.25, 0.3) is 0 Å². The van der Waals surface area contributed by atoms with Crippen LogP contribution in [0.15, 0.2) is 16.7 Å². The number of ether oxygens (including phenoxy) is 2. The van der Waals surface area contributed by atoms with E-state index in [9.17, 15) is 9.59 Å². The second-order valence-corrected chi connectivity index (χ2v) is 4.78. The molecule has 1 rings (SSSR count). The van der Waals surface area contributed by atoms with Gasteiger partial charge in [0.1, 0.15) is 0 Å². The highest BCUT2D eigenvalue weighted by Gasteiger charge is 2.34. The average Bonchev–Trinajstić information content (AvgIpc) is 2.33. The molecule has 0 amide bonds. The van der Waals surface area contributed by atoms with Crippen LogP contribution >= 0.6 is 27.5 Å². The van der Waals surface area contributed by atoms with Crippen molar-refractivity contribution in [2.45, 2.75) is 19.8 Å². The number of pyridine rings is 1. The number of rotatable bonds is 5. The van der Waals surface area contributed by atoms with Crippen LogP contribution in [-0.4, -0.2) is 30.1 Å². The predicted molar refractivity (Wildman–Crippen MR) is 73.0 cm³/mol. The van der Waals surface area contributed by atoms with Crippen LogP contribution in [0, 0.1) is 0 Å². The molecule has 0 aliphatic heterocycles. The van der Waals surface area contributed by atoms with Crippen LogP contribution in [0.5, 0.6) is 0 Å². The van der Waals surface area contributed by atoms with Crippen molar-refractivity contribution in [2.75, 3.05) is 13.2 Å². The molecule has 0 bridgehead atoms. The fraction of sp³-hybridized carbons (Fsp3) is 0.417. The van der Waals surface area contributed by atoms with Crippen LogP contribution < -0.4 is 0 Å². The van der Waals surface area contributed by atoms with Gasteiger partial charge in [-0.05, 0) is 35.8 Å². The Morgan fingerprint density at radius 1 is 1.32 bits per heavy atom. The third-order valence-corrected chi connectivity index (χ3v) is 2.89. The van der Waals surface area contributed by atoms with Gasteiger partial charge >= 0.3 is 11.9 Å². The number of aromatic nitrogens is 1. The zero-order chi connectivity index (χ0) is 14.4. The van der Waals surface area contributed by atoms with Crippen molar-refractivity contribution in [1.29, 1.82) is 0 Å². The van der Waals surface area contributed by atoms with Crippen molar-refractivity contribution in [2.24, 2.45) is 0 Å². The van der Waals surface area contributed by atoms with Gasteiger partial charge in [-0.25, -0.2) is 0 Å². The molecule has 0 unspecified atom stereocenters. The molecule has 19 heavy (non-hydrogen) atoms. The van der Waals surface area contributed by atoms with Crippen molar-refractivity contribution in [3.05, 3.63) is 27.5 Å². The zero-order valence-electron chi connectivity index (χ0n) is 10.5. The first-order valence-electron chi connectivity index (χ1n) is 5.65. The molecule has 0 atom stereocenters. The summed E-state index contributed by atoms with van der Waals surface area (Å²) in [6.45, 7) is 3.61. The molecule has 0 N–H and O–H groups in total. The Kier molecular flexibility index (Phi) is 6.24.